The van der Waals surface area contributed by atoms with E-state index in [2.05, 4.69) is 28.8 Å². The lowest BCUT2D eigenvalue weighted by molar-refractivity contribution is 0.0503. The Bertz CT molecular complexity index is 433. The summed E-state index contributed by atoms with van der Waals surface area (Å²) in [5.41, 5.74) is 1.13. The molecule has 1 heterocycles. The maximum Gasteiger partial charge on any atom is 0.185 e. The van der Waals surface area contributed by atoms with Crippen molar-refractivity contribution in [1.29, 1.82) is 0 Å². The first kappa shape index (κ1) is 15.7. The Labute approximate surface area is 126 Å². The smallest absolute Gasteiger partial charge is 0.185 e. The minimum absolute atomic E-state index is 0.105. The molecule has 0 radical (unpaired) electrons. The van der Waals surface area contributed by atoms with Crippen LogP contribution in [0, 0.1) is 12.8 Å². The van der Waals surface area contributed by atoms with Crippen molar-refractivity contribution in [2.24, 2.45) is 5.92 Å². The van der Waals surface area contributed by atoms with E-state index >= 15 is 0 Å². The predicted octanol–water partition coefficient (Wildman–Crippen LogP) is 2.50. The topological polar surface area (TPSA) is 39.6 Å². The van der Waals surface area contributed by atoms with E-state index < -0.39 is 0 Å². The molecule has 1 aromatic rings. The third kappa shape index (κ3) is 3.93. The Balaban J connectivity index is 1.92. The first-order chi connectivity index (χ1) is 9.47. The molecule has 0 bridgehead atoms. The second kappa shape index (κ2) is 6.87. The quantitative estimate of drug-likeness (QED) is 0.906. The van der Waals surface area contributed by atoms with Crippen molar-refractivity contribution in [1.82, 2.24) is 9.88 Å². The van der Waals surface area contributed by atoms with E-state index in [9.17, 15) is 5.11 Å². The van der Waals surface area contributed by atoms with Gasteiger partial charge in [-0.15, -0.1) is 11.3 Å². The minimum Gasteiger partial charge on any atom is -0.393 e. The number of aliphatic hydroxyl groups excluding tert-OH is 1. The standard InChI is InChI=1S/C15H27N3OS/c1-11-14(20-15(16-11)17(2)3)10-18(4)9-12-7-5-6-8-13(12)19/h12-13,19H,5-10H2,1-4H3. The predicted molar refractivity (Wildman–Crippen MR) is 85.5 cm³/mol. The van der Waals surface area contributed by atoms with Gasteiger partial charge in [0.1, 0.15) is 0 Å². The zero-order valence-electron chi connectivity index (χ0n) is 13.1. The van der Waals surface area contributed by atoms with Crippen molar-refractivity contribution in [2.45, 2.75) is 45.3 Å². The fourth-order valence-electron chi connectivity index (χ4n) is 2.86. The molecule has 0 amide bonds. The number of aromatic nitrogens is 1. The van der Waals surface area contributed by atoms with Gasteiger partial charge >= 0.3 is 0 Å². The maximum atomic E-state index is 10.1. The van der Waals surface area contributed by atoms with Gasteiger partial charge in [0, 0.05) is 32.1 Å². The zero-order valence-corrected chi connectivity index (χ0v) is 13.9. The van der Waals surface area contributed by atoms with Crippen LogP contribution < -0.4 is 4.90 Å². The molecule has 4 nitrogen and oxygen atoms in total. The van der Waals surface area contributed by atoms with Crippen LogP contribution in [0.15, 0.2) is 0 Å². The summed E-state index contributed by atoms with van der Waals surface area (Å²) >= 11 is 1.77. The average molecular weight is 297 g/mol. The molecule has 1 aromatic heterocycles. The van der Waals surface area contributed by atoms with E-state index in [0.717, 1.165) is 36.8 Å². The molecule has 1 saturated carbocycles. The SMILES string of the molecule is Cc1nc(N(C)C)sc1CN(C)CC1CCCCC1O. The van der Waals surface area contributed by atoms with E-state index in [4.69, 9.17) is 0 Å². The Hall–Kier alpha value is -0.650. The Morgan fingerprint density at radius 1 is 1.25 bits per heavy atom. The zero-order chi connectivity index (χ0) is 14.7. The monoisotopic (exact) mass is 297 g/mol. The highest BCUT2D eigenvalue weighted by molar-refractivity contribution is 7.15. The molecule has 5 heteroatoms. The number of aryl methyl sites for hydroxylation is 1. The van der Waals surface area contributed by atoms with Crippen molar-refractivity contribution in [3.8, 4) is 0 Å². The van der Waals surface area contributed by atoms with Crippen molar-refractivity contribution in [3.63, 3.8) is 0 Å². The molecule has 114 valence electrons. The Morgan fingerprint density at radius 2 is 1.95 bits per heavy atom. The first-order valence-corrected chi connectivity index (χ1v) is 8.29. The van der Waals surface area contributed by atoms with Gasteiger partial charge < -0.3 is 14.9 Å². The fourth-order valence-corrected chi connectivity index (χ4v) is 3.93. The number of aliphatic hydroxyl groups is 1. The van der Waals surface area contributed by atoms with Crippen molar-refractivity contribution < 1.29 is 5.11 Å². The second-order valence-corrected chi connectivity index (χ2v) is 7.27. The highest BCUT2D eigenvalue weighted by Gasteiger charge is 2.24. The van der Waals surface area contributed by atoms with Crippen LogP contribution in [-0.2, 0) is 6.54 Å². The van der Waals surface area contributed by atoms with Gasteiger partial charge in [0.05, 0.1) is 11.8 Å². The van der Waals surface area contributed by atoms with Gasteiger partial charge in [-0.3, -0.25) is 0 Å². The summed E-state index contributed by atoms with van der Waals surface area (Å²) in [7, 11) is 6.21. The summed E-state index contributed by atoms with van der Waals surface area (Å²) in [5, 5.41) is 11.1. The van der Waals surface area contributed by atoms with Gasteiger partial charge in [0.15, 0.2) is 5.13 Å². The number of hydrogen-bond acceptors (Lipinski definition) is 5. The summed E-state index contributed by atoms with van der Waals surface area (Å²) in [6.07, 6.45) is 4.48. The van der Waals surface area contributed by atoms with Crippen LogP contribution in [0.25, 0.3) is 0 Å². The molecular formula is C15H27N3OS. The molecule has 0 aromatic carbocycles. The molecule has 20 heavy (non-hydrogen) atoms. The summed E-state index contributed by atoms with van der Waals surface area (Å²) < 4.78 is 0. The molecule has 0 aliphatic heterocycles. The van der Waals surface area contributed by atoms with E-state index in [1.807, 2.05) is 14.1 Å². The molecule has 1 fully saturated rings. The van der Waals surface area contributed by atoms with Crippen LogP contribution in [0.4, 0.5) is 5.13 Å². The highest BCUT2D eigenvalue weighted by Crippen LogP contribution is 2.28. The third-order valence-corrected chi connectivity index (χ3v) is 5.40. The number of rotatable bonds is 5. The summed E-state index contributed by atoms with van der Waals surface area (Å²) in [4.78, 5) is 10.3. The van der Waals surface area contributed by atoms with Crippen molar-refractivity contribution >= 4 is 16.5 Å². The molecule has 0 saturated heterocycles. The van der Waals surface area contributed by atoms with Gasteiger partial charge in [0.25, 0.3) is 0 Å². The average Bonchev–Trinajstić information content (AvgIpc) is 2.74. The van der Waals surface area contributed by atoms with Crippen LogP contribution in [0.2, 0.25) is 0 Å². The Morgan fingerprint density at radius 3 is 2.55 bits per heavy atom. The lowest BCUT2D eigenvalue weighted by Gasteiger charge is -2.31. The third-order valence-electron chi connectivity index (χ3n) is 4.09. The molecular weight excluding hydrogens is 270 g/mol. The molecule has 1 N–H and O–H groups in total. The summed E-state index contributed by atoms with van der Waals surface area (Å²) in [6, 6.07) is 0. The summed E-state index contributed by atoms with van der Waals surface area (Å²) in [6.45, 7) is 4.00. The fraction of sp³-hybridized carbons (Fsp3) is 0.800. The van der Waals surface area contributed by atoms with Crippen LogP contribution in [0.3, 0.4) is 0 Å². The molecule has 2 atom stereocenters. The second-order valence-electron chi connectivity index (χ2n) is 6.21. The van der Waals surface area contributed by atoms with E-state index in [1.165, 1.54) is 17.7 Å². The first-order valence-electron chi connectivity index (χ1n) is 7.47. The number of anilines is 1. The number of thiazole rings is 1. The van der Waals surface area contributed by atoms with Crippen molar-refractivity contribution in [2.75, 3.05) is 32.6 Å². The van der Waals surface area contributed by atoms with Gasteiger partial charge in [-0.25, -0.2) is 4.98 Å². The molecule has 0 spiro atoms. The molecule has 1 aliphatic carbocycles. The van der Waals surface area contributed by atoms with Gasteiger partial charge in [-0.1, -0.05) is 12.8 Å². The molecule has 2 rings (SSSR count). The van der Waals surface area contributed by atoms with E-state index in [-0.39, 0.29) is 6.10 Å². The normalized spacial score (nSPS) is 23.3. The molecule has 1 aliphatic rings. The van der Waals surface area contributed by atoms with Crippen LogP contribution in [-0.4, -0.2) is 48.8 Å². The number of nitrogens with zero attached hydrogens (tertiary/aromatic N) is 3. The Kier molecular flexibility index (Phi) is 5.41. The van der Waals surface area contributed by atoms with E-state index in [1.54, 1.807) is 11.3 Å². The van der Waals surface area contributed by atoms with Crippen LogP contribution in [0.1, 0.15) is 36.3 Å². The number of hydrogen-bond donors (Lipinski definition) is 1. The minimum atomic E-state index is -0.105. The van der Waals surface area contributed by atoms with Crippen LogP contribution >= 0.6 is 11.3 Å². The van der Waals surface area contributed by atoms with Crippen LogP contribution in [0.5, 0.6) is 0 Å². The maximum absolute atomic E-state index is 10.1. The largest absolute Gasteiger partial charge is 0.393 e. The van der Waals surface area contributed by atoms with Gasteiger partial charge in [-0.2, -0.15) is 0 Å². The van der Waals surface area contributed by atoms with E-state index in [0.29, 0.717) is 5.92 Å². The van der Waals surface area contributed by atoms with Gasteiger partial charge in [0.2, 0.25) is 0 Å². The highest BCUT2D eigenvalue weighted by atomic mass is 32.1. The molecule has 2 unspecified atom stereocenters. The lowest BCUT2D eigenvalue weighted by atomic mass is 9.86. The van der Waals surface area contributed by atoms with Gasteiger partial charge in [-0.05, 0) is 32.7 Å². The summed E-state index contributed by atoms with van der Waals surface area (Å²) in [5.74, 6) is 0.440. The van der Waals surface area contributed by atoms with Crippen molar-refractivity contribution in [3.05, 3.63) is 10.6 Å². The lowest BCUT2D eigenvalue weighted by Crippen LogP contribution is -2.34.